The summed E-state index contributed by atoms with van der Waals surface area (Å²) in [5, 5.41) is 4.99. The van der Waals surface area contributed by atoms with Gasteiger partial charge in [-0.15, -0.1) is 0 Å². The largest absolute Gasteiger partial charge is 0.356 e. The summed E-state index contributed by atoms with van der Waals surface area (Å²) in [4.78, 5) is 12.0. The average Bonchev–Trinajstić information content (AvgIpc) is 3.09. The van der Waals surface area contributed by atoms with Gasteiger partial charge in [0.15, 0.2) is 5.82 Å². The first-order valence-electron chi connectivity index (χ1n) is 8.97. The van der Waals surface area contributed by atoms with Crippen molar-refractivity contribution in [2.75, 3.05) is 18.0 Å². The number of halogens is 1. The highest BCUT2D eigenvalue weighted by Crippen LogP contribution is 2.29. The number of hydrogen-bond acceptors (Lipinski definition) is 4. The van der Waals surface area contributed by atoms with Crippen LogP contribution in [0.25, 0.3) is 22.6 Å². The lowest BCUT2D eigenvalue weighted by Crippen LogP contribution is -2.33. The fraction of sp³-hybridized carbons (Fsp3) is 0.350. The van der Waals surface area contributed by atoms with E-state index in [-0.39, 0.29) is 0 Å². The Labute approximate surface area is 158 Å². The summed E-state index contributed by atoms with van der Waals surface area (Å²) < 4.78 is 1.77. The number of anilines is 1. The van der Waals surface area contributed by atoms with E-state index in [0.717, 1.165) is 46.7 Å². The van der Waals surface area contributed by atoms with Gasteiger partial charge in [-0.1, -0.05) is 30.7 Å². The third-order valence-electron chi connectivity index (χ3n) is 4.92. The molecule has 1 aliphatic rings. The van der Waals surface area contributed by atoms with Crippen LogP contribution in [0.5, 0.6) is 0 Å². The van der Waals surface area contributed by atoms with Gasteiger partial charge in [0.05, 0.1) is 17.5 Å². The Bertz CT molecular complexity index is 895. The molecule has 3 aromatic rings. The lowest BCUT2D eigenvalue weighted by atomic mass is 9.99. The average molecular weight is 368 g/mol. The maximum Gasteiger partial charge on any atom is 0.165 e. The van der Waals surface area contributed by atoms with Crippen LogP contribution in [0, 0.1) is 5.92 Å². The molecule has 1 fully saturated rings. The van der Waals surface area contributed by atoms with Crippen LogP contribution in [-0.4, -0.2) is 32.8 Å². The molecule has 134 valence electrons. The standard InChI is InChI=1S/C20H22ClN5/c1-14-7-9-26(10-8-14)19-11-18(15-3-5-17(21)6-4-15)23-20(24-19)16-12-22-25(2)13-16/h3-6,11-14H,7-10H2,1-2H3. The van der Waals surface area contributed by atoms with Crippen LogP contribution < -0.4 is 4.90 Å². The van der Waals surface area contributed by atoms with Crippen LogP contribution in [0.4, 0.5) is 5.82 Å². The van der Waals surface area contributed by atoms with Gasteiger partial charge >= 0.3 is 0 Å². The van der Waals surface area contributed by atoms with E-state index < -0.39 is 0 Å². The number of rotatable bonds is 3. The molecule has 1 aliphatic heterocycles. The number of benzene rings is 1. The number of nitrogens with zero attached hydrogens (tertiary/aromatic N) is 5. The third kappa shape index (κ3) is 3.58. The van der Waals surface area contributed by atoms with E-state index in [9.17, 15) is 0 Å². The molecule has 4 rings (SSSR count). The van der Waals surface area contributed by atoms with Crippen molar-refractivity contribution in [3.05, 3.63) is 47.7 Å². The van der Waals surface area contributed by atoms with E-state index in [1.807, 2.05) is 43.7 Å². The van der Waals surface area contributed by atoms with Crippen molar-refractivity contribution >= 4 is 17.4 Å². The van der Waals surface area contributed by atoms with Crippen LogP contribution in [0.2, 0.25) is 5.02 Å². The monoisotopic (exact) mass is 367 g/mol. The Balaban J connectivity index is 1.77. The quantitative estimate of drug-likeness (QED) is 0.686. The maximum absolute atomic E-state index is 6.04. The van der Waals surface area contributed by atoms with E-state index in [4.69, 9.17) is 21.6 Å². The fourth-order valence-corrected chi connectivity index (χ4v) is 3.39. The molecule has 0 radical (unpaired) electrons. The maximum atomic E-state index is 6.04. The number of hydrogen-bond donors (Lipinski definition) is 0. The molecule has 0 N–H and O–H groups in total. The second-order valence-electron chi connectivity index (χ2n) is 7.01. The normalized spacial score (nSPS) is 15.4. The molecular weight excluding hydrogens is 346 g/mol. The van der Waals surface area contributed by atoms with E-state index in [1.165, 1.54) is 12.8 Å². The lowest BCUT2D eigenvalue weighted by molar-refractivity contribution is 0.436. The van der Waals surface area contributed by atoms with Crippen molar-refractivity contribution in [2.45, 2.75) is 19.8 Å². The molecule has 0 bridgehead atoms. The molecule has 0 amide bonds. The zero-order valence-corrected chi connectivity index (χ0v) is 15.8. The summed E-state index contributed by atoms with van der Waals surface area (Å²) in [6, 6.07) is 9.87. The van der Waals surface area contributed by atoms with E-state index >= 15 is 0 Å². The lowest BCUT2D eigenvalue weighted by Gasteiger charge is -2.31. The molecule has 0 spiro atoms. The minimum absolute atomic E-state index is 0.708. The van der Waals surface area contributed by atoms with Crippen LogP contribution >= 0.6 is 11.6 Å². The molecule has 0 unspecified atom stereocenters. The zero-order chi connectivity index (χ0) is 18.1. The SMILES string of the molecule is CC1CCN(c2cc(-c3ccc(Cl)cc3)nc(-c3cnn(C)c3)n2)CC1. The molecule has 1 aromatic carbocycles. The predicted molar refractivity (Wildman–Crippen MR) is 105 cm³/mol. The number of piperidine rings is 1. The Morgan fingerprint density at radius 1 is 1.04 bits per heavy atom. The predicted octanol–water partition coefficient (Wildman–Crippen LogP) is 4.43. The molecular formula is C20H22ClN5. The highest BCUT2D eigenvalue weighted by Gasteiger charge is 2.19. The summed E-state index contributed by atoms with van der Waals surface area (Å²) in [5.41, 5.74) is 2.87. The Kier molecular flexibility index (Phi) is 4.64. The van der Waals surface area contributed by atoms with Crippen LogP contribution in [0.1, 0.15) is 19.8 Å². The second-order valence-corrected chi connectivity index (χ2v) is 7.45. The van der Waals surface area contributed by atoms with E-state index in [2.05, 4.69) is 23.0 Å². The summed E-state index contributed by atoms with van der Waals surface area (Å²) in [6.45, 7) is 4.38. The van der Waals surface area contributed by atoms with Crippen LogP contribution in [0.3, 0.4) is 0 Å². The first kappa shape index (κ1) is 17.0. The van der Waals surface area contributed by atoms with Crippen molar-refractivity contribution in [2.24, 2.45) is 13.0 Å². The van der Waals surface area contributed by atoms with Crippen LogP contribution in [0.15, 0.2) is 42.7 Å². The highest BCUT2D eigenvalue weighted by molar-refractivity contribution is 6.30. The minimum Gasteiger partial charge on any atom is -0.356 e. The van der Waals surface area contributed by atoms with E-state index in [0.29, 0.717) is 5.82 Å². The highest BCUT2D eigenvalue weighted by atomic mass is 35.5. The summed E-state index contributed by atoms with van der Waals surface area (Å²) in [7, 11) is 1.90. The first-order valence-corrected chi connectivity index (χ1v) is 9.35. The van der Waals surface area contributed by atoms with Gasteiger partial charge in [-0.25, -0.2) is 9.97 Å². The van der Waals surface area contributed by atoms with Crippen molar-refractivity contribution in [3.8, 4) is 22.6 Å². The molecule has 5 nitrogen and oxygen atoms in total. The molecule has 0 saturated carbocycles. The molecule has 0 atom stereocenters. The number of aromatic nitrogens is 4. The van der Waals surface area contributed by atoms with Crippen molar-refractivity contribution in [1.29, 1.82) is 0 Å². The Hall–Kier alpha value is -2.40. The van der Waals surface area contributed by atoms with Gasteiger partial charge in [0.2, 0.25) is 0 Å². The molecule has 1 saturated heterocycles. The topological polar surface area (TPSA) is 46.8 Å². The van der Waals surface area contributed by atoms with Crippen molar-refractivity contribution < 1.29 is 0 Å². The smallest absolute Gasteiger partial charge is 0.165 e. The van der Waals surface area contributed by atoms with Crippen molar-refractivity contribution in [3.63, 3.8) is 0 Å². The van der Waals surface area contributed by atoms with Crippen LogP contribution in [-0.2, 0) is 7.05 Å². The summed E-state index contributed by atoms with van der Waals surface area (Å²) >= 11 is 6.04. The second kappa shape index (κ2) is 7.08. The first-order chi connectivity index (χ1) is 12.6. The van der Waals surface area contributed by atoms with Gasteiger partial charge in [-0.05, 0) is 30.9 Å². The molecule has 6 heteroatoms. The van der Waals surface area contributed by atoms with Gasteiger partial charge in [0.1, 0.15) is 5.82 Å². The third-order valence-corrected chi connectivity index (χ3v) is 5.18. The zero-order valence-electron chi connectivity index (χ0n) is 15.1. The minimum atomic E-state index is 0.708. The molecule has 0 aliphatic carbocycles. The van der Waals surface area contributed by atoms with Gasteiger partial charge in [-0.2, -0.15) is 5.10 Å². The fourth-order valence-electron chi connectivity index (χ4n) is 3.27. The van der Waals surface area contributed by atoms with Gasteiger partial charge in [0.25, 0.3) is 0 Å². The molecule has 2 aromatic heterocycles. The Morgan fingerprint density at radius 2 is 1.77 bits per heavy atom. The van der Waals surface area contributed by atoms with Gasteiger partial charge in [-0.3, -0.25) is 4.68 Å². The molecule has 26 heavy (non-hydrogen) atoms. The van der Waals surface area contributed by atoms with Gasteiger partial charge < -0.3 is 4.90 Å². The summed E-state index contributed by atoms with van der Waals surface area (Å²) in [5.74, 6) is 2.47. The Morgan fingerprint density at radius 3 is 2.42 bits per heavy atom. The van der Waals surface area contributed by atoms with Gasteiger partial charge in [0, 0.05) is 43.0 Å². The van der Waals surface area contributed by atoms with Crippen molar-refractivity contribution in [1.82, 2.24) is 19.7 Å². The molecule has 3 heterocycles. The summed E-state index contributed by atoms with van der Waals surface area (Å²) in [6.07, 6.45) is 6.15. The van der Waals surface area contributed by atoms with E-state index in [1.54, 1.807) is 4.68 Å². The number of aryl methyl sites for hydroxylation is 1.